The van der Waals surface area contributed by atoms with Crippen LogP contribution in [-0.2, 0) is 0 Å². The van der Waals surface area contributed by atoms with Gasteiger partial charge in [-0.25, -0.2) is 0 Å². The first-order valence-corrected chi connectivity index (χ1v) is 23.3. The lowest BCUT2D eigenvalue weighted by Gasteiger charge is -2.26. The third kappa shape index (κ3) is 5.71. The van der Waals surface area contributed by atoms with Crippen LogP contribution in [0.5, 0.6) is 0 Å². The van der Waals surface area contributed by atoms with E-state index in [4.69, 9.17) is 13.7 Å². The molecule has 0 saturated heterocycles. The highest BCUT2D eigenvalue weighted by Gasteiger charge is 2.24. The van der Waals surface area contributed by atoms with Crippen molar-refractivity contribution in [3.63, 3.8) is 0 Å². The molecule has 0 radical (unpaired) electrons. The van der Waals surface area contributed by atoms with E-state index >= 15 is 0 Å². The van der Waals surface area contributed by atoms with Crippen molar-refractivity contribution in [2.45, 2.75) is 0 Å². The molecule has 0 aliphatic heterocycles. The van der Waals surface area contributed by atoms with Gasteiger partial charge >= 0.3 is 0 Å². The summed E-state index contributed by atoms with van der Waals surface area (Å²) in [6.07, 6.45) is 0. The molecule has 70 heavy (non-hydrogen) atoms. The average molecular weight is 901 g/mol. The smallest absolute Gasteiger partial charge is 0.0645 e. The molecule has 0 fully saturated rings. The normalized spacial score (nSPS) is 14.0. The number of hydrogen-bond acceptors (Lipinski definition) is 2. The molecule has 0 bridgehead atoms. The summed E-state index contributed by atoms with van der Waals surface area (Å²) in [7, 11) is 0. The maximum absolute atomic E-state index is 9.14. The zero-order chi connectivity index (χ0) is 54.6. The number of fused-ring (bicyclic) bond motifs is 12. The maximum Gasteiger partial charge on any atom is 0.0645 e. The van der Waals surface area contributed by atoms with Crippen LogP contribution >= 0.6 is 0 Å². The van der Waals surface area contributed by atoms with Crippen molar-refractivity contribution in [2.24, 2.45) is 0 Å². The van der Waals surface area contributed by atoms with Crippen LogP contribution < -0.4 is 9.80 Å². The minimum Gasteiger partial charge on any atom is -0.310 e. The van der Waals surface area contributed by atoms with Crippen LogP contribution in [0.1, 0.15) is 13.7 Å². The molecule has 0 N–H and O–H groups in total. The summed E-state index contributed by atoms with van der Waals surface area (Å²) in [6, 6.07) is 61.4. The lowest BCUT2D eigenvalue weighted by Crippen LogP contribution is -2.09. The summed E-state index contributed by atoms with van der Waals surface area (Å²) in [4.78, 5) is 3.54. The van der Waals surface area contributed by atoms with E-state index in [1.54, 1.807) is 9.80 Å². The van der Waals surface area contributed by atoms with E-state index in [1.165, 1.54) is 0 Å². The molecule has 326 valence electrons. The summed E-state index contributed by atoms with van der Waals surface area (Å²) in [5.74, 6) is 0. The van der Waals surface area contributed by atoms with Crippen LogP contribution in [0.4, 0.5) is 34.1 Å². The molecule has 4 aromatic heterocycles. The van der Waals surface area contributed by atoms with Crippen LogP contribution in [-0.4, -0.2) is 8.80 Å². The van der Waals surface area contributed by atoms with Crippen LogP contribution in [0, 0.1) is 0 Å². The Kier molecular flexibility index (Phi) is 6.48. The highest BCUT2D eigenvalue weighted by molar-refractivity contribution is 6.29. The predicted octanol–water partition coefficient (Wildman–Crippen LogP) is 18.3. The minimum atomic E-state index is -0.452. The average Bonchev–Trinajstić information content (AvgIpc) is 4.29. The molecular weight excluding hydrogens is 849 g/mol. The lowest BCUT2D eigenvalue weighted by molar-refractivity contribution is 1.28. The van der Waals surface area contributed by atoms with Gasteiger partial charge in [-0.05, 0) is 119 Å². The summed E-state index contributed by atoms with van der Waals surface area (Å²) in [5, 5.41) is 8.19. The number of hydrogen-bond donors (Lipinski definition) is 0. The Morgan fingerprint density at radius 3 is 0.986 bits per heavy atom. The van der Waals surface area contributed by atoms with Crippen molar-refractivity contribution in [3.8, 4) is 22.3 Å². The van der Waals surface area contributed by atoms with E-state index in [2.05, 4.69) is 81.6 Å². The third-order valence-corrected chi connectivity index (χ3v) is 14.1. The number of anilines is 6. The molecule has 0 atom stereocenters. The second-order valence-electron chi connectivity index (χ2n) is 17.8. The van der Waals surface area contributed by atoms with Gasteiger partial charge in [0.15, 0.2) is 0 Å². The number of para-hydroxylation sites is 4. The zero-order valence-electron chi connectivity index (χ0n) is 47.3. The van der Waals surface area contributed by atoms with Crippen molar-refractivity contribution in [1.82, 2.24) is 8.80 Å². The van der Waals surface area contributed by atoms with Crippen LogP contribution in [0.2, 0.25) is 0 Å². The van der Waals surface area contributed by atoms with Gasteiger partial charge in [0.05, 0.1) is 46.8 Å². The largest absolute Gasteiger partial charge is 0.310 e. The fourth-order valence-electron chi connectivity index (χ4n) is 11.1. The summed E-state index contributed by atoms with van der Waals surface area (Å²) >= 11 is 0. The first-order chi connectivity index (χ1) is 38.9. The maximum atomic E-state index is 9.14. The van der Waals surface area contributed by atoms with Gasteiger partial charge in [-0.15, -0.1) is 0 Å². The number of nitrogens with zero attached hydrogens (tertiary/aromatic N) is 4. The van der Waals surface area contributed by atoms with Crippen LogP contribution in [0.15, 0.2) is 255 Å². The molecule has 11 aromatic carbocycles. The van der Waals surface area contributed by atoms with Gasteiger partial charge in [0.25, 0.3) is 0 Å². The molecule has 15 rings (SSSR count). The second-order valence-corrected chi connectivity index (χ2v) is 17.8. The lowest BCUT2D eigenvalue weighted by atomic mass is 10.0. The summed E-state index contributed by atoms with van der Waals surface area (Å²) in [5.41, 5.74) is 12.8. The van der Waals surface area contributed by atoms with Crippen LogP contribution in [0.3, 0.4) is 0 Å². The molecule has 0 aliphatic rings. The molecule has 4 heteroatoms. The summed E-state index contributed by atoms with van der Waals surface area (Å²) in [6.45, 7) is 0. The fraction of sp³-hybridized carbons (Fsp3) is 0. The van der Waals surface area contributed by atoms with Crippen molar-refractivity contribution >= 4 is 110 Å². The molecule has 15 aromatic rings. The molecule has 4 nitrogen and oxygen atoms in total. The van der Waals surface area contributed by atoms with Crippen LogP contribution in [0.25, 0.3) is 98.4 Å². The van der Waals surface area contributed by atoms with E-state index in [-0.39, 0.29) is 35.5 Å². The third-order valence-electron chi connectivity index (χ3n) is 14.1. The van der Waals surface area contributed by atoms with Gasteiger partial charge in [-0.3, -0.25) is 0 Å². The Labute approximate surface area is 418 Å². The minimum absolute atomic E-state index is 0.0576. The van der Waals surface area contributed by atoms with Crippen molar-refractivity contribution in [1.29, 1.82) is 0 Å². The Morgan fingerprint density at radius 1 is 0.257 bits per heavy atom. The van der Waals surface area contributed by atoms with Crippen molar-refractivity contribution in [2.75, 3.05) is 9.80 Å². The van der Waals surface area contributed by atoms with Gasteiger partial charge in [0, 0.05) is 77.2 Å². The molecule has 0 saturated carbocycles. The number of rotatable bonds is 8. The topological polar surface area (TPSA) is 15.3 Å². The molecule has 0 amide bonds. The number of aromatic nitrogens is 2. The fourth-order valence-corrected chi connectivity index (χ4v) is 11.1. The zero-order valence-corrected chi connectivity index (χ0v) is 37.3. The van der Waals surface area contributed by atoms with E-state index in [0.29, 0.717) is 22.7 Å². The van der Waals surface area contributed by atoms with Crippen molar-refractivity contribution < 1.29 is 13.7 Å². The second kappa shape index (κ2) is 15.1. The monoisotopic (exact) mass is 900 g/mol. The van der Waals surface area contributed by atoms with E-state index < -0.39 is 36.3 Å². The molecule has 4 heterocycles. The van der Waals surface area contributed by atoms with Gasteiger partial charge in [-0.1, -0.05) is 158 Å². The Hall–Kier alpha value is -9.38. The van der Waals surface area contributed by atoms with Gasteiger partial charge < -0.3 is 18.6 Å². The van der Waals surface area contributed by atoms with E-state index in [0.717, 1.165) is 98.4 Å². The highest BCUT2D eigenvalue weighted by Crippen LogP contribution is 2.47. The van der Waals surface area contributed by atoms with Gasteiger partial charge in [0.2, 0.25) is 0 Å². The van der Waals surface area contributed by atoms with E-state index in [9.17, 15) is 0 Å². The van der Waals surface area contributed by atoms with Crippen molar-refractivity contribution in [3.05, 3.63) is 255 Å². The first kappa shape index (κ1) is 30.1. The van der Waals surface area contributed by atoms with E-state index in [1.807, 2.05) is 121 Å². The predicted molar refractivity (Wildman–Crippen MR) is 296 cm³/mol. The first-order valence-electron chi connectivity index (χ1n) is 28.3. The standard InChI is InChI=1S/C66H42N4/c1-5-15-43(16-6-1)45-27-31-49(32-28-45)67(47-19-9-3-10-20-47)51-35-37-61-57(39-51)53-23-13-25-55-59-42-64-60(41-63(59)69(61)65(53)55)56-26-14-24-54-58-40-52(36-38-62(58)70(64)66(54)56)68(48-21-11-4-12-22-48)50-33-29-46(30-34-50)44-17-7-2-8-18-44/h1-42H/i3D,4D,9D,10D,11D,12D,19D,20D,21D,22D. The molecule has 0 aliphatic carbocycles. The molecule has 0 spiro atoms. The molecular formula is C66H42N4. The van der Waals surface area contributed by atoms with Gasteiger partial charge in [0.1, 0.15) is 0 Å². The van der Waals surface area contributed by atoms with Gasteiger partial charge in [-0.2, -0.15) is 0 Å². The molecule has 0 unspecified atom stereocenters. The number of benzene rings is 11. The quantitative estimate of drug-likeness (QED) is 0.151. The Balaban J connectivity index is 0.907. The Bertz CT molecular complexity index is 4680. The SMILES string of the molecule is [2H]c1c([2H])c([2H])c(N(c2ccc(-c3ccccc3)cc2)c2ccc3c(c2)c2cccc4c5cc6c(cc5n3c24)c2cccc3c4cc(N(c5ccc(-c7ccccc7)cc5)c5c([2H])c([2H])c([2H])c([2H])c5[2H])ccc4n6c32)c([2H])c1[2H]. The highest BCUT2D eigenvalue weighted by atomic mass is 15.1. The Morgan fingerprint density at radius 2 is 0.600 bits per heavy atom. The summed E-state index contributed by atoms with van der Waals surface area (Å²) < 4.78 is 92.8.